The standard InChI is InChI=1S/C21H18ClFN4O4/c1-11(28)10-27-19-17(20(29)25-21(27)30)26(2)18(24-19)12-3-8-16(15(23)9-12)31-14-6-4-13(22)5-7-14/h3-9,11,28H,10H2,1-2H3,(H,25,29,30). The molecule has 160 valence electrons. The maximum atomic E-state index is 14.7. The van der Waals surface area contributed by atoms with E-state index in [0.29, 0.717) is 16.3 Å². The molecule has 8 nitrogen and oxygen atoms in total. The van der Waals surface area contributed by atoms with E-state index in [1.165, 1.54) is 28.2 Å². The monoisotopic (exact) mass is 444 g/mol. The van der Waals surface area contributed by atoms with Crippen LogP contribution in [0.1, 0.15) is 6.92 Å². The van der Waals surface area contributed by atoms with Gasteiger partial charge in [-0.2, -0.15) is 0 Å². The van der Waals surface area contributed by atoms with Crippen LogP contribution >= 0.6 is 11.6 Å². The molecule has 0 amide bonds. The number of H-pyrrole nitrogens is 1. The highest BCUT2D eigenvalue weighted by Gasteiger charge is 2.19. The number of benzene rings is 2. The van der Waals surface area contributed by atoms with Gasteiger partial charge in [-0.1, -0.05) is 11.6 Å². The molecule has 2 heterocycles. The molecular weight excluding hydrogens is 427 g/mol. The van der Waals surface area contributed by atoms with Gasteiger partial charge in [0, 0.05) is 17.6 Å². The summed E-state index contributed by atoms with van der Waals surface area (Å²) in [5.74, 6) is 0.0818. The van der Waals surface area contributed by atoms with E-state index in [1.54, 1.807) is 37.4 Å². The minimum atomic E-state index is -0.834. The fourth-order valence-corrected chi connectivity index (χ4v) is 3.42. The lowest BCUT2D eigenvalue weighted by atomic mass is 10.2. The van der Waals surface area contributed by atoms with Gasteiger partial charge < -0.3 is 14.4 Å². The first-order valence-corrected chi connectivity index (χ1v) is 9.73. The molecule has 0 fully saturated rings. The van der Waals surface area contributed by atoms with Crippen LogP contribution in [0.2, 0.25) is 5.02 Å². The molecular formula is C21H18ClFN4O4. The summed E-state index contributed by atoms with van der Waals surface area (Å²) < 4.78 is 22.9. The van der Waals surface area contributed by atoms with Crippen molar-refractivity contribution in [1.29, 1.82) is 0 Å². The molecule has 0 bridgehead atoms. The number of halogens is 2. The van der Waals surface area contributed by atoms with Crippen molar-refractivity contribution in [3.05, 3.63) is 74.1 Å². The molecule has 0 aliphatic heterocycles. The van der Waals surface area contributed by atoms with Crippen molar-refractivity contribution in [2.75, 3.05) is 0 Å². The molecule has 0 radical (unpaired) electrons. The lowest BCUT2D eigenvalue weighted by Gasteiger charge is -2.08. The first-order valence-electron chi connectivity index (χ1n) is 9.35. The van der Waals surface area contributed by atoms with Crippen LogP contribution in [0.4, 0.5) is 4.39 Å². The van der Waals surface area contributed by atoms with E-state index < -0.39 is 23.2 Å². The van der Waals surface area contributed by atoms with Crippen molar-refractivity contribution >= 4 is 22.8 Å². The van der Waals surface area contributed by atoms with Gasteiger partial charge in [-0.25, -0.2) is 14.2 Å². The van der Waals surface area contributed by atoms with Gasteiger partial charge in [-0.3, -0.25) is 14.3 Å². The van der Waals surface area contributed by atoms with Gasteiger partial charge in [-0.05, 0) is 49.4 Å². The molecule has 10 heteroatoms. The molecule has 0 aliphatic rings. The van der Waals surface area contributed by atoms with Crippen LogP contribution in [0.3, 0.4) is 0 Å². The van der Waals surface area contributed by atoms with E-state index in [-0.39, 0.29) is 29.3 Å². The Balaban J connectivity index is 1.78. The highest BCUT2D eigenvalue weighted by molar-refractivity contribution is 6.30. The van der Waals surface area contributed by atoms with Crippen LogP contribution < -0.4 is 16.0 Å². The average Bonchev–Trinajstić information content (AvgIpc) is 3.06. The molecule has 31 heavy (non-hydrogen) atoms. The number of aromatic amines is 1. The van der Waals surface area contributed by atoms with E-state index in [2.05, 4.69) is 9.97 Å². The second kappa shape index (κ2) is 8.01. The summed E-state index contributed by atoms with van der Waals surface area (Å²) in [6.07, 6.45) is -0.834. The van der Waals surface area contributed by atoms with Gasteiger partial charge >= 0.3 is 5.69 Å². The fraction of sp³-hybridized carbons (Fsp3) is 0.190. The predicted octanol–water partition coefficient (Wildman–Crippen LogP) is 3.06. The molecule has 4 rings (SSSR count). The fourth-order valence-electron chi connectivity index (χ4n) is 3.29. The summed E-state index contributed by atoms with van der Waals surface area (Å²) in [7, 11) is 1.59. The molecule has 1 atom stereocenters. The number of aliphatic hydroxyl groups is 1. The number of aliphatic hydroxyl groups excluding tert-OH is 1. The maximum absolute atomic E-state index is 14.7. The minimum absolute atomic E-state index is 0.00805. The number of aryl methyl sites for hydroxylation is 1. The lowest BCUT2D eigenvalue weighted by Crippen LogP contribution is -2.33. The topological polar surface area (TPSA) is 102 Å². The zero-order valence-electron chi connectivity index (χ0n) is 16.6. The van der Waals surface area contributed by atoms with Gasteiger partial charge in [0.2, 0.25) is 0 Å². The van der Waals surface area contributed by atoms with Gasteiger partial charge in [0.1, 0.15) is 11.6 Å². The Labute approximate surface area is 180 Å². The summed E-state index contributed by atoms with van der Waals surface area (Å²) in [6.45, 7) is 1.47. The molecule has 1 unspecified atom stereocenters. The number of imidazole rings is 1. The number of nitrogens with one attached hydrogen (secondary N) is 1. The number of hydrogen-bond acceptors (Lipinski definition) is 5. The molecule has 0 saturated heterocycles. The third-order valence-electron chi connectivity index (χ3n) is 4.69. The Morgan fingerprint density at radius 3 is 2.58 bits per heavy atom. The lowest BCUT2D eigenvalue weighted by molar-refractivity contribution is 0.173. The van der Waals surface area contributed by atoms with Crippen LogP contribution in [0.25, 0.3) is 22.6 Å². The number of ether oxygens (including phenoxy) is 1. The molecule has 2 N–H and O–H groups in total. The van der Waals surface area contributed by atoms with E-state index in [9.17, 15) is 19.1 Å². The number of hydrogen-bond donors (Lipinski definition) is 2. The molecule has 0 aliphatic carbocycles. The van der Waals surface area contributed by atoms with Crippen molar-refractivity contribution in [2.24, 2.45) is 7.05 Å². The van der Waals surface area contributed by atoms with Crippen LogP contribution in [0.15, 0.2) is 52.1 Å². The second-order valence-corrected chi connectivity index (χ2v) is 7.52. The number of aromatic nitrogens is 4. The zero-order chi connectivity index (χ0) is 22.3. The molecule has 0 saturated carbocycles. The number of rotatable bonds is 5. The molecule has 2 aromatic carbocycles. The second-order valence-electron chi connectivity index (χ2n) is 7.09. The van der Waals surface area contributed by atoms with E-state index in [1.807, 2.05) is 0 Å². The third-order valence-corrected chi connectivity index (χ3v) is 4.94. The molecule has 0 spiro atoms. The summed E-state index contributed by atoms with van der Waals surface area (Å²) in [5, 5.41) is 10.2. The summed E-state index contributed by atoms with van der Waals surface area (Å²) >= 11 is 5.84. The third kappa shape index (κ3) is 3.97. The van der Waals surface area contributed by atoms with Crippen molar-refractivity contribution < 1.29 is 14.2 Å². The Bertz CT molecular complexity index is 1390. The summed E-state index contributed by atoms with van der Waals surface area (Å²) in [6, 6.07) is 10.8. The summed E-state index contributed by atoms with van der Waals surface area (Å²) in [5.41, 5.74) is -0.673. The Morgan fingerprint density at radius 2 is 1.94 bits per heavy atom. The van der Waals surface area contributed by atoms with Crippen molar-refractivity contribution in [2.45, 2.75) is 19.6 Å². The Hall–Kier alpha value is -3.43. The van der Waals surface area contributed by atoms with Crippen LogP contribution in [0, 0.1) is 5.82 Å². The smallest absolute Gasteiger partial charge is 0.330 e. The highest BCUT2D eigenvalue weighted by atomic mass is 35.5. The minimum Gasteiger partial charge on any atom is -0.454 e. The first kappa shape index (κ1) is 20.8. The summed E-state index contributed by atoms with van der Waals surface area (Å²) in [4.78, 5) is 31.2. The van der Waals surface area contributed by atoms with E-state index in [0.717, 1.165) is 0 Å². The van der Waals surface area contributed by atoms with E-state index in [4.69, 9.17) is 16.3 Å². The van der Waals surface area contributed by atoms with E-state index >= 15 is 0 Å². The quantitative estimate of drug-likeness (QED) is 0.492. The first-order chi connectivity index (χ1) is 14.7. The largest absolute Gasteiger partial charge is 0.454 e. The predicted molar refractivity (Wildman–Crippen MR) is 114 cm³/mol. The number of fused-ring (bicyclic) bond motifs is 1. The maximum Gasteiger partial charge on any atom is 0.330 e. The highest BCUT2D eigenvalue weighted by Crippen LogP contribution is 2.30. The van der Waals surface area contributed by atoms with Crippen LogP contribution in [-0.2, 0) is 13.6 Å². The van der Waals surface area contributed by atoms with Crippen LogP contribution in [-0.4, -0.2) is 30.3 Å². The van der Waals surface area contributed by atoms with Crippen molar-refractivity contribution in [1.82, 2.24) is 19.1 Å². The van der Waals surface area contributed by atoms with Crippen molar-refractivity contribution in [3.8, 4) is 22.9 Å². The molecule has 2 aromatic heterocycles. The van der Waals surface area contributed by atoms with Crippen LogP contribution in [0.5, 0.6) is 11.5 Å². The molecule has 4 aromatic rings. The SMILES string of the molecule is CC(O)Cn1c(=O)[nH]c(=O)c2c1nc(-c1ccc(Oc3ccc(Cl)cc3)c(F)c1)n2C. The normalized spacial score (nSPS) is 12.3. The zero-order valence-corrected chi connectivity index (χ0v) is 17.4. The van der Waals surface area contributed by atoms with Gasteiger partial charge in [0.25, 0.3) is 5.56 Å². The van der Waals surface area contributed by atoms with Crippen molar-refractivity contribution in [3.63, 3.8) is 0 Å². The number of nitrogens with zero attached hydrogens (tertiary/aromatic N) is 3. The average molecular weight is 445 g/mol. The Morgan fingerprint density at radius 1 is 1.23 bits per heavy atom. The van der Waals surface area contributed by atoms with Gasteiger partial charge in [0.15, 0.2) is 22.7 Å². The Kier molecular flexibility index (Phi) is 5.38. The van der Waals surface area contributed by atoms with Gasteiger partial charge in [0.05, 0.1) is 12.6 Å². The van der Waals surface area contributed by atoms with Gasteiger partial charge in [-0.15, -0.1) is 0 Å².